The first-order valence-corrected chi connectivity index (χ1v) is 7.51. The molecular formula is C16H20N4O3. The van der Waals surface area contributed by atoms with Crippen molar-refractivity contribution < 1.29 is 9.21 Å². The first-order chi connectivity index (χ1) is 10.8. The van der Waals surface area contributed by atoms with Gasteiger partial charge >= 0.3 is 0 Å². The molecule has 1 amide bonds. The highest BCUT2D eigenvalue weighted by molar-refractivity contribution is 6.04. The molecule has 0 atom stereocenters. The van der Waals surface area contributed by atoms with Crippen molar-refractivity contribution in [1.29, 1.82) is 0 Å². The second-order valence-electron chi connectivity index (χ2n) is 6.19. The largest absolute Gasteiger partial charge is 0.459 e. The fraction of sp³-hybridized carbons (Fsp3) is 0.438. The van der Waals surface area contributed by atoms with Crippen LogP contribution in [0.4, 0.5) is 0 Å². The van der Waals surface area contributed by atoms with E-state index in [-0.39, 0.29) is 24.1 Å². The van der Waals surface area contributed by atoms with Gasteiger partial charge in [-0.05, 0) is 20.8 Å². The Morgan fingerprint density at radius 2 is 2.09 bits per heavy atom. The third-order valence-corrected chi connectivity index (χ3v) is 3.90. The minimum absolute atomic E-state index is 0.0779. The third kappa shape index (κ3) is 2.32. The Morgan fingerprint density at radius 3 is 2.70 bits per heavy atom. The first kappa shape index (κ1) is 15.3. The number of nitrogens with zero attached hydrogens (tertiary/aromatic N) is 4. The summed E-state index contributed by atoms with van der Waals surface area (Å²) in [5.74, 6) is 0.611. The van der Waals surface area contributed by atoms with Crippen LogP contribution in [0.25, 0.3) is 22.0 Å². The molecule has 0 aliphatic heterocycles. The van der Waals surface area contributed by atoms with Gasteiger partial charge in [0.15, 0.2) is 5.58 Å². The van der Waals surface area contributed by atoms with Crippen molar-refractivity contribution >= 4 is 27.9 Å². The minimum atomic E-state index is -0.282. The first-order valence-electron chi connectivity index (χ1n) is 7.51. The number of fused-ring (bicyclic) bond motifs is 3. The molecule has 0 spiro atoms. The highest BCUT2D eigenvalue weighted by Gasteiger charge is 2.21. The van der Waals surface area contributed by atoms with Crippen molar-refractivity contribution in [2.45, 2.75) is 33.4 Å². The Hall–Kier alpha value is -2.57. The van der Waals surface area contributed by atoms with Gasteiger partial charge in [-0.25, -0.2) is 4.68 Å². The summed E-state index contributed by atoms with van der Waals surface area (Å²) in [5, 5.41) is 4.83. The number of rotatable bonds is 3. The van der Waals surface area contributed by atoms with Gasteiger partial charge in [0.05, 0.1) is 17.1 Å². The van der Waals surface area contributed by atoms with Crippen LogP contribution in [0.1, 0.15) is 25.6 Å². The van der Waals surface area contributed by atoms with Crippen LogP contribution in [0.15, 0.2) is 21.5 Å². The smallest absolute Gasteiger partial charge is 0.291 e. The van der Waals surface area contributed by atoms with Crippen LogP contribution in [0.5, 0.6) is 0 Å². The predicted octanol–water partition coefficient (Wildman–Crippen LogP) is 1.92. The Morgan fingerprint density at radius 1 is 1.39 bits per heavy atom. The lowest BCUT2D eigenvalue weighted by atomic mass is 10.3. The molecule has 3 aromatic rings. The number of furan rings is 1. The molecule has 0 aliphatic rings. The molecule has 7 nitrogen and oxygen atoms in total. The molecule has 3 aromatic heterocycles. The van der Waals surface area contributed by atoms with Gasteiger partial charge in [-0.15, -0.1) is 0 Å². The van der Waals surface area contributed by atoms with Crippen LogP contribution in [0, 0.1) is 6.92 Å². The number of carbonyl (C=O) groups is 1. The lowest BCUT2D eigenvalue weighted by molar-refractivity contribution is -0.129. The topological polar surface area (TPSA) is 73.3 Å². The monoisotopic (exact) mass is 316 g/mol. The van der Waals surface area contributed by atoms with E-state index in [2.05, 4.69) is 5.10 Å². The molecule has 0 unspecified atom stereocenters. The van der Waals surface area contributed by atoms with Gasteiger partial charge in [-0.1, -0.05) is 0 Å². The molecule has 122 valence electrons. The van der Waals surface area contributed by atoms with Gasteiger partial charge in [0, 0.05) is 26.2 Å². The van der Waals surface area contributed by atoms with Crippen molar-refractivity contribution in [2.75, 3.05) is 14.1 Å². The standard InChI is InChI=1S/C16H20N4O3/c1-9(2)20-12-6-10(3)23-15(12)11-7-17-19(16(22)14(11)20)8-13(21)18(4)5/h6-7,9H,8H2,1-5H3. The normalized spacial score (nSPS) is 11.7. The van der Waals surface area contributed by atoms with E-state index in [0.29, 0.717) is 16.5 Å². The van der Waals surface area contributed by atoms with E-state index < -0.39 is 0 Å². The summed E-state index contributed by atoms with van der Waals surface area (Å²) in [6.07, 6.45) is 1.60. The number of hydrogen-bond acceptors (Lipinski definition) is 4. The quantitative estimate of drug-likeness (QED) is 0.740. The van der Waals surface area contributed by atoms with E-state index in [4.69, 9.17) is 4.42 Å². The zero-order valence-electron chi connectivity index (χ0n) is 14.0. The Labute approximate surface area is 133 Å². The maximum absolute atomic E-state index is 12.8. The summed E-state index contributed by atoms with van der Waals surface area (Å²) in [4.78, 5) is 26.2. The number of hydrogen-bond donors (Lipinski definition) is 0. The van der Waals surface area contributed by atoms with Crippen LogP contribution < -0.4 is 5.56 Å². The van der Waals surface area contributed by atoms with Crippen molar-refractivity contribution in [3.8, 4) is 0 Å². The molecule has 0 fully saturated rings. The van der Waals surface area contributed by atoms with Gasteiger partial charge in [0.25, 0.3) is 5.56 Å². The molecule has 3 rings (SSSR count). The lowest BCUT2D eigenvalue weighted by Gasteiger charge is -2.13. The lowest BCUT2D eigenvalue weighted by Crippen LogP contribution is -2.33. The molecule has 7 heteroatoms. The number of aryl methyl sites for hydroxylation is 1. The summed E-state index contributed by atoms with van der Waals surface area (Å²) in [6, 6.07) is 2.00. The number of amides is 1. The molecule has 0 saturated heterocycles. The Kier molecular flexibility index (Phi) is 3.50. The molecule has 0 aliphatic carbocycles. The summed E-state index contributed by atoms with van der Waals surface area (Å²) >= 11 is 0. The van der Waals surface area contributed by atoms with Crippen molar-refractivity contribution in [3.63, 3.8) is 0 Å². The maximum atomic E-state index is 12.8. The second-order valence-corrected chi connectivity index (χ2v) is 6.19. The predicted molar refractivity (Wildman–Crippen MR) is 87.6 cm³/mol. The summed E-state index contributed by atoms with van der Waals surface area (Å²) < 4.78 is 8.89. The van der Waals surface area contributed by atoms with Crippen LogP contribution in [0.2, 0.25) is 0 Å². The third-order valence-electron chi connectivity index (χ3n) is 3.90. The van der Waals surface area contributed by atoms with Crippen LogP contribution in [0.3, 0.4) is 0 Å². The van der Waals surface area contributed by atoms with E-state index >= 15 is 0 Å². The van der Waals surface area contributed by atoms with E-state index in [0.717, 1.165) is 11.3 Å². The number of aromatic nitrogens is 3. The summed E-state index contributed by atoms with van der Waals surface area (Å²) in [7, 11) is 3.30. The average molecular weight is 316 g/mol. The average Bonchev–Trinajstić information content (AvgIpc) is 2.96. The highest BCUT2D eigenvalue weighted by Crippen LogP contribution is 2.31. The van der Waals surface area contributed by atoms with E-state index in [1.807, 2.05) is 31.4 Å². The van der Waals surface area contributed by atoms with Gasteiger partial charge in [-0.2, -0.15) is 5.10 Å². The van der Waals surface area contributed by atoms with Crippen LogP contribution >= 0.6 is 0 Å². The highest BCUT2D eigenvalue weighted by atomic mass is 16.3. The fourth-order valence-electron chi connectivity index (χ4n) is 2.79. The maximum Gasteiger partial charge on any atom is 0.291 e. The van der Waals surface area contributed by atoms with Gasteiger partial charge < -0.3 is 13.9 Å². The summed E-state index contributed by atoms with van der Waals surface area (Å²) in [5.41, 5.74) is 1.79. The number of likely N-dealkylation sites (N-methyl/N-ethyl adjacent to an activating group) is 1. The van der Waals surface area contributed by atoms with E-state index in [1.54, 1.807) is 20.3 Å². The minimum Gasteiger partial charge on any atom is -0.459 e. The van der Waals surface area contributed by atoms with Crippen molar-refractivity contribution in [3.05, 3.63) is 28.4 Å². The SMILES string of the molecule is Cc1cc2c(o1)c1cnn(CC(=O)N(C)C)c(=O)c1n2C(C)C. The molecule has 0 N–H and O–H groups in total. The molecule has 0 radical (unpaired) electrons. The molecule has 3 heterocycles. The molecule has 0 aromatic carbocycles. The fourth-order valence-corrected chi connectivity index (χ4v) is 2.79. The molecule has 0 bridgehead atoms. The van der Waals surface area contributed by atoms with Gasteiger partial charge in [0.1, 0.15) is 17.8 Å². The second kappa shape index (κ2) is 5.26. The molecule has 0 saturated carbocycles. The van der Waals surface area contributed by atoms with Gasteiger partial charge in [-0.3, -0.25) is 9.59 Å². The van der Waals surface area contributed by atoms with Crippen LogP contribution in [-0.2, 0) is 11.3 Å². The zero-order chi connectivity index (χ0) is 16.9. The summed E-state index contributed by atoms with van der Waals surface area (Å²) in [6.45, 7) is 5.82. The van der Waals surface area contributed by atoms with Crippen molar-refractivity contribution in [2.24, 2.45) is 0 Å². The van der Waals surface area contributed by atoms with E-state index in [1.165, 1.54) is 9.58 Å². The zero-order valence-corrected chi connectivity index (χ0v) is 14.0. The van der Waals surface area contributed by atoms with Crippen molar-refractivity contribution in [1.82, 2.24) is 19.2 Å². The van der Waals surface area contributed by atoms with Gasteiger partial charge in [0.2, 0.25) is 5.91 Å². The number of carbonyl (C=O) groups excluding carboxylic acids is 1. The molecular weight excluding hydrogens is 296 g/mol. The van der Waals surface area contributed by atoms with E-state index in [9.17, 15) is 9.59 Å². The van der Waals surface area contributed by atoms with Crippen LogP contribution in [-0.4, -0.2) is 39.3 Å². The Balaban J connectivity index is 2.30. The molecule has 23 heavy (non-hydrogen) atoms. The Bertz CT molecular complexity index is 959.